The monoisotopic (exact) mass is 500 g/mol. The van der Waals surface area contributed by atoms with Crippen molar-refractivity contribution >= 4 is 17.9 Å². The average molecular weight is 501 g/mol. The third-order valence-electron chi connectivity index (χ3n) is 5.92. The standard InChI is InChI=1S/C29H22F2N2O4/c1-18-23(28(34)33(29(35)24(18)15-32)16-19-7-10-22(30)11-8-19)13-20-9-12-26(27(14-20)36-2)37-17-21-5-3-4-6-25(21)31/h3-14H,16-17H2,1-2H3/b23-13+. The molecule has 2 amide bonds. The van der Waals surface area contributed by atoms with Crippen molar-refractivity contribution in [2.24, 2.45) is 0 Å². The number of carbonyl (C=O) groups is 2. The number of benzene rings is 3. The molecule has 0 fully saturated rings. The number of ether oxygens (including phenoxy) is 2. The van der Waals surface area contributed by atoms with E-state index in [1.165, 1.54) is 37.4 Å². The van der Waals surface area contributed by atoms with Gasteiger partial charge in [-0.1, -0.05) is 36.4 Å². The first-order chi connectivity index (χ1) is 17.8. The van der Waals surface area contributed by atoms with Crippen LogP contribution in [0.15, 0.2) is 83.4 Å². The van der Waals surface area contributed by atoms with Crippen LogP contribution in [-0.4, -0.2) is 23.8 Å². The molecule has 1 aliphatic heterocycles. The topological polar surface area (TPSA) is 79.6 Å². The van der Waals surface area contributed by atoms with Crippen molar-refractivity contribution in [3.05, 3.63) is 112 Å². The van der Waals surface area contributed by atoms with Gasteiger partial charge < -0.3 is 9.47 Å². The molecule has 8 heteroatoms. The normalized spacial score (nSPS) is 14.7. The molecule has 0 radical (unpaired) electrons. The van der Waals surface area contributed by atoms with Crippen molar-refractivity contribution in [1.29, 1.82) is 5.26 Å². The molecule has 0 bridgehead atoms. The van der Waals surface area contributed by atoms with E-state index in [0.717, 1.165) is 4.90 Å². The smallest absolute Gasteiger partial charge is 0.271 e. The van der Waals surface area contributed by atoms with Gasteiger partial charge in [-0.2, -0.15) is 5.26 Å². The highest BCUT2D eigenvalue weighted by Gasteiger charge is 2.35. The van der Waals surface area contributed by atoms with Gasteiger partial charge in [0.1, 0.15) is 29.9 Å². The van der Waals surface area contributed by atoms with E-state index in [2.05, 4.69) is 0 Å². The third kappa shape index (κ3) is 5.41. The first-order valence-electron chi connectivity index (χ1n) is 11.3. The predicted molar refractivity (Wildman–Crippen MR) is 132 cm³/mol. The molecule has 0 saturated carbocycles. The summed E-state index contributed by atoms with van der Waals surface area (Å²) in [7, 11) is 1.45. The highest BCUT2D eigenvalue weighted by Crippen LogP contribution is 2.32. The van der Waals surface area contributed by atoms with E-state index in [9.17, 15) is 23.6 Å². The molecule has 37 heavy (non-hydrogen) atoms. The van der Waals surface area contributed by atoms with Crippen LogP contribution in [0.4, 0.5) is 8.78 Å². The molecule has 186 valence electrons. The number of nitrogens with zero attached hydrogens (tertiary/aromatic N) is 2. The van der Waals surface area contributed by atoms with Crippen molar-refractivity contribution in [3.63, 3.8) is 0 Å². The van der Waals surface area contributed by atoms with Crippen LogP contribution in [-0.2, 0) is 22.7 Å². The summed E-state index contributed by atoms with van der Waals surface area (Å²) >= 11 is 0. The van der Waals surface area contributed by atoms with Crippen molar-refractivity contribution in [3.8, 4) is 17.6 Å². The molecular formula is C29H22F2N2O4. The highest BCUT2D eigenvalue weighted by molar-refractivity contribution is 6.19. The summed E-state index contributed by atoms with van der Waals surface area (Å²) in [6.45, 7) is 1.42. The van der Waals surface area contributed by atoms with Crippen LogP contribution in [0.1, 0.15) is 23.6 Å². The van der Waals surface area contributed by atoms with Gasteiger partial charge in [-0.15, -0.1) is 0 Å². The van der Waals surface area contributed by atoms with E-state index in [-0.39, 0.29) is 35.7 Å². The zero-order valence-electron chi connectivity index (χ0n) is 20.1. The molecule has 0 spiro atoms. The van der Waals surface area contributed by atoms with Gasteiger partial charge in [0.05, 0.1) is 13.7 Å². The van der Waals surface area contributed by atoms with Crippen LogP contribution >= 0.6 is 0 Å². The number of hydrogen-bond acceptors (Lipinski definition) is 5. The van der Waals surface area contributed by atoms with Gasteiger partial charge in [-0.25, -0.2) is 8.78 Å². The summed E-state index contributed by atoms with van der Waals surface area (Å²) in [5.41, 5.74) is 1.76. The molecule has 1 aliphatic rings. The molecule has 0 saturated heterocycles. The van der Waals surface area contributed by atoms with Crippen molar-refractivity contribution in [1.82, 2.24) is 4.90 Å². The van der Waals surface area contributed by atoms with Gasteiger partial charge in [-0.05, 0) is 60.0 Å². The van der Waals surface area contributed by atoms with Crippen molar-refractivity contribution in [2.75, 3.05) is 7.11 Å². The van der Waals surface area contributed by atoms with Crippen LogP contribution in [0.3, 0.4) is 0 Å². The SMILES string of the molecule is COc1cc(/C=C2/C(=O)N(Cc3ccc(F)cc3)C(=O)C(C#N)=C2C)ccc1OCc1ccccc1F. The van der Waals surface area contributed by atoms with Crippen LogP contribution in [0.2, 0.25) is 0 Å². The zero-order chi connectivity index (χ0) is 26.5. The number of halogens is 2. The summed E-state index contributed by atoms with van der Waals surface area (Å²) in [5.74, 6) is -1.37. The summed E-state index contributed by atoms with van der Waals surface area (Å²) in [6.07, 6.45) is 1.56. The molecule has 6 nitrogen and oxygen atoms in total. The molecule has 0 N–H and O–H groups in total. The Balaban J connectivity index is 1.64. The van der Waals surface area contributed by atoms with Gasteiger partial charge in [-0.3, -0.25) is 14.5 Å². The van der Waals surface area contributed by atoms with E-state index < -0.39 is 17.6 Å². The minimum atomic E-state index is -0.707. The van der Waals surface area contributed by atoms with Crippen LogP contribution in [0.25, 0.3) is 6.08 Å². The molecular weight excluding hydrogens is 478 g/mol. The number of imide groups is 1. The van der Waals surface area contributed by atoms with Gasteiger partial charge in [0.25, 0.3) is 11.8 Å². The number of amides is 2. The van der Waals surface area contributed by atoms with E-state index in [0.29, 0.717) is 28.2 Å². The molecule has 0 atom stereocenters. The molecule has 0 aromatic heterocycles. The number of rotatable bonds is 7. The summed E-state index contributed by atoms with van der Waals surface area (Å²) < 4.78 is 38.4. The lowest BCUT2D eigenvalue weighted by molar-refractivity contribution is -0.141. The van der Waals surface area contributed by atoms with Crippen LogP contribution in [0.5, 0.6) is 11.5 Å². The molecule has 4 rings (SSSR count). The van der Waals surface area contributed by atoms with E-state index >= 15 is 0 Å². The average Bonchev–Trinajstić information content (AvgIpc) is 2.90. The van der Waals surface area contributed by atoms with Crippen molar-refractivity contribution in [2.45, 2.75) is 20.1 Å². The van der Waals surface area contributed by atoms with Gasteiger partial charge in [0.2, 0.25) is 0 Å². The predicted octanol–water partition coefficient (Wildman–Crippen LogP) is 5.34. The van der Waals surface area contributed by atoms with Crippen molar-refractivity contribution < 1.29 is 27.8 Å². The highest BCUT2D eigenvalue weighted by atomic mass is 19.1. The van der Waals surface area contributed by atoms with E-state index in [4.69, 9.17) is 9.47 Å². The molecule has 3 aromatic rings. The Morgan fingerprint density at radius 2 is 1.70 bits per heavy atom. The second-order valence-corrected chi connectivity index (χ2v) is 8.28. The van der Waals surface area contributed by atoms with E-state index in [1.54, 1.807) is 49.4 Å². The quantitative estimate of drug-likeness (QED) is 0.323. The minimum absolute atomic E-state index is 0.00418. The number of methoxy groups -OCH3 is 1. The Bertz CT molecular complexity index is 1470. The molecule has 0 aliphatic carbocycles. The van der Waals surface area contributed by atoms with Crippen LogP contribution < -0.4 is 9.47 Å². The summed E-state index contributed by atoms with van der Waals surface area (Å²) in [5, 5.41) is 9.61. The zero-order valence-corrected chi connectivity index (χ0v) is 20.1. The molecule has 3 aromatic carbocycles. The van der Waals surface area contributed by atoms with E-state index in [1.807, 2.05) is 6.07 Å². The first-order valence-corrected chi connectivity index (χ1v) is 11.3. The fraction of sp³-hybridized carbons (Fsp3) is 0.138. The Labute approximate surface area is 212 Å². The Morgan fingerprint density at radius 3 is 2.38 bits per heavy atom. The first kappa shape index (κ1) is 25.3. The molecule has 0 unspecified atom stereocenters. The van der Waals surface area contributed by atoms with Gasteiger partial charge in [0, 0.05) is 11.1 Å². The number of carbonyl (C=O) groups excluding carboxylic acids is 2. The fourth-order valence-electron chi connectivity index (χ4n) is 3.88. The number of hydrogen-bond donors (Lipinski definition) is 0. The maximum Gasteiger partial charge on any atom is 0.271 e. The largest absolute Gasteiger partial charge is 0.493 e. The lowest BCUT2D eigenvalue weighted by Crippen LogP contribution is -2.42. The summed E-state index contributed by atoms with van der Waals surface area (Å²) in [6, 6.07) is 18.5. The molecule has 1 heterocycles. The summed E-state index contributed by atoms with van der Waals surface area (Å²) in [4.78, 5) is 27.2. The Hall–Kier alpha value is -4.77. The Morgan fingerprint density at radius 1 is 0.973 bits per heavy atom. The van der Waals surface area contributed by atoms with Gasteiger partial charge >= 0.3 is 0 Å². The maximum atomic E-state index is 13.9. The fourth-order valence-corrected chi connectivity index (χ4v) is 3.88. The van der Waals surface area contributed by atoms with Crippen LogP contribution in [0, 0.1) is 23.0 Å². The second kappa shape index (κ2) is 10.9. The lowest BCUT2D eigenvalue weighted by Gasteiger charge is -2.27. The third-order valence-corrected chi connectivity index (χ3v) is 5.92. The Kier molecular flexibility index (Phi) is 7.44. The number of nitriles is 1. The maximum absolute atomic E-state index is 13.9. The second-order valence-electron chi connectivity index (χ2n) is 8.28. The lowest BCUT2D eigenvalue weighted by atomic mass is 9.93. The van der Waals surface area contributed by atoms with Gasteiger partial charge in [0.15, 0.2) is 11.5 Å². The minimum Gasteiger partial charge on any atom is -0.493 e.